The van der Waals surface area contributed by atoms with E-state index in [0.29, 0.717) is 10.5 Å². The molecule has 7 N–H and O–H groups in total. The van der Waals surface area contributed by atoms with Crippen LogP contribution in [-0.4, -0.2) is 94.0 Å². The normalized spacial score (nSPS) is 17.5. The fraction of sp³-hybridized carbons (Fsp3) is 0.292. The fourth-order valence-electron chi connectivity index (χ4n) is 4.48. The largest absolute Gasteiger partial charge is 0.547 e. The highest BCUT2D eigenvalue weighted by Gasteiger charge is 2.41. The van der Waals surface area contributed by atoms with Gasteiger partial charge in [0.25, 0.3) is 0 Å². The standard InChI is InChI=1S/C24H24BClFN5O9/c26-16-14(33)5-4-12(17(16)27)18(30-24(39)32-9-8-31(7-6-28)21(35)22(32)36)20(34)29-15-10-11-2-1-3-13(23(37)38)19(11)41-25(15)40/h1-5,15,18,33,40H,6-10,28H2,(H,29,34)(H,30,39)(H,37,38). The number of nitrogens with one attached hydrogen (secondary N) is 2. The molecule has 2 atom stereocenters. The molecule has 14 nitrogen and oxygen atoms in total. The molecule has 0 bridgehead atoms. The average Bonchev–Trinajstić information content (AvgIpc) is 2.93. The molecule has 0 saturated carbocycles. The molecule has 216 valence electrons. The number of piperazine rings is 1. The molecule has 0 aliphatic carbocycles. The molecule has 2 heterocycles. The molecule has 2 aromatic rings. The number of benzene rings is 2. The van der Waals surface area contributed by atoms with Crippen molar-refractivity contribution >= 4 is 48.4 Å². The first-order valence-electron chi connectivity index (χ1n) is 12.2. The third kappa shape index (κ3) is 5.89. The van der Waals surface area contributed by atoms with Crippen molar-refractivity contribution in [2.24, 2.45) is 5.73 Å². The number of nitrogens with zero attached hydrogens (tertiary/aromatic N) is 2. The van der Waals surface area contributed by atoms with E-state index in [-0.39, 0.29) is 43.9 Å². The third-order valence-corrected chi connectivity index (χ3v) is 6.92. The number of phenolic OH excluding ortho intramolecular Hbond substituents is 1. The Balaban J connectivity index is 1.60. The van der Waals surface area contributed by atoms with Crippen LogP contribution in [0.15, 0.2) is 30.3 Å². The van der Waals surface area contributed by atoms with Gasteiger partial charge in [0.2, 0.25) is 5.91 Å². The van der Waals surface area contributed by atoms with Gasteiger partial charge < -0.3 is 41.2 Å². The van der Waals surface area contributed by atoms with E-state index in [0.717, 1.165) is 17.0 Å². The van der Waals surface area contributed by atoms with Gasteiger partial charge in [-0.25, -0.2) is 14.0 Å². The monoisotopic (exact) mass is 591 g/mol. The fourth-order valence-corrected chi connectivity index (χ4v) is 4.65. The Hall–Kier alpha value is -4.41. The van der Waals surface area contributed by atoms with Gasteiger partial charge in [0, 0.05) is 31.7 Å². The highest BCUT2D eigenvalue weighted by atomic mass is 35.5. The number of amides is 5. The summed E-state index contributed by atoms with van der Waals surface area (Å²) in [6, 6.07) is 3.15. The number of imide groups is 1. The Bertz CT molecular complexity index is 1430. The minimum absolute atomic E-state index is 0.0190. The first kappa shape index (κ1) is 29.6. The highest BCUT2D eigenvalue weighted by Crippen LogP contribution is 2.33. The maximum atomic E-state index is 15.1. The number of para-hydroxylation sites is 1. The van der Waals surface area contributed by atoms with Crippen molar-refractivity contribution in [3.63, 3.8) is 0 Å². The van der Waals surface area contributed by atoms with E-state index in [1.807, 2.05) is 0 Å². The molecule has 5 amide bonds. The maximum absolute atomic E-state index is 15.1. The van der Waals surface area contributed by atoms with Crippen molar-refractivity contribution in [3.8, 4) is 11.5 Å². The quantitative estimate of drug-likeness (QED) is 0.178. The molecule has 2 aromatic carbocycles. The van der Waals surface area contributed by atoms with Crippen molar-refractivity contribution < 1.29 is 48.3 Å². The van der Waals surface area contributed by atoms with Crippen molar-refractivity contribution in [1.29, 1.82) is 0 Å². The molecule has 17 heteroatoms. The van der Waals surface area contributed by atoms with Crippen molar-refractivity contribution in [3.05, 3.63) is 57.9 Å². The van der Waals surface area contributed by atoms with Gasteiger partial charge in [-0.15, -0.1) is 0 Å². The van der Waals surface area contributed by atoms with Crippen molar-refractivity contribution in [2.75, 3.05) is 26.2 Å². The molecule has 2 aliphatic heterocycles. The van der Waals surface area contributed by atoms with E-state index in [9.17, 15) is 39.2 Å². The topological polar surface area (TPSA) is 212 Å². The number of hydrogen-bond acceptors (Lipinski definition) is 9. The molecular formula is C24H24BClFN5O9. The maximum Gasteiger partial charge on any atom is 0.547 e. The summed E-state index contributed by atoms with van der Waals surface area (Å²) < 4.78 is 20.5. The van der Waals surface area contributed by atoms with Gasteiger partial charge >= 0.3 is 30.9 Å². The number of aromatic hydroxyl groups is 1. The van der Waals surface area contributed by atoms with Crippen LogP contribution in [0.5, 0.6) is 11.5 Å². The van der Waals surface area contributed by atoms with Crippen LogP contribution in [-0.2, 0) is 20.8 Å². The lowest BCUT2D eigenvalue weighted by Crippen LogP contribution is -2.60. The Kier molecular flexibility index (Phi) is 8.65. The van der Waals surface area contributed by atoms with Gasteiger partial charge in [-0.3, -0.25) is 19.3 Å². The zero-order chi connectivity index (χ0) is 30.0. The zero-order valence-corrected chi connectivity index (χ0v) is 21.9. The van der Waals surface area contributed by atoms with Crippen LogP contribution >= 0.6 is 11.6 Å². The van der Waals surface area contributed by atoms with Crippen molar-refractivity contribution in [1.82, 2.24) is 20.4 Å². The summed E-state index contributed by atoms with van der Waals surface area (Å²) >= 11 is 5.81. The second-order valence-electron chi connectivity index (χ2n) is 9.15. The first-order valence-corrected chi connectivity index (χ1v) is 12.6. The van der Waals surface area contributed by atoms with E-state index in [4.69, 9.17) is 22.0 Å². The summed E-state index contributed by atoms with van der Waals surface area (Å²) in [5.74, 6) is -7.71. The number of fused-ring (bicyclic) bond motifs is 1. The Morgan fingerprint density at radius 2 is 1.93 bits per heavy atom. The second kappa shape index (κ2) is 12.0. The van der Waals surface area contributed by atoms with Crippen LogP contribution < -0.4 is 21.0 Å². The van der Waals surface area contributed by atoms with Crippen LogP contribution in [0, 0.1) is 5.82 Å². The molecule has 41 heavy (non-hydrogen) atoms. The van der Waals surface area contributed by atoms with Crippen molar-refractivity contribution in [2.45, 2.75) is 18.4 Å². The van der Waals surface area contributed by atoms with Gasteiger partial charge in [-0.2, -0.15) is 0 Å². The predicted octanol–water partition coefficient (Wildman–Crippen LogP) is -0.597. The number of rotatable bonds is 7. The first-order chi connectivity index (χ1) is 19.4. The minimum atomic E-state index is -1.87. The number of carboxylic acids is 1. The molecule has 1 saturated heterocycles. The lowest BCUT2D eigenvalue weighted by Gasteiger charge is -2.33. The molecule has 2 unspecified atom stereocenters. The van der Waals surface area contributed by atoms with Crippen LogP contribution in [0.3, 0.4) is 0 Å². The van der Waals surface area contributed by atoms with Crippen LogP contribution in [0.25, 0.3) is 0 Å². The van der Waals surface area contributed by atoms with Gasteiger partial charge in [0.15, 0.2) is 5.82 Å². The third-order valence-electron chi connectivity index (χ3n) is 6.56. The lowest BCUT2D eigenvalue weighted by atomic mass is 9.72. The minimum Gasteiger partial charge on any atom is -0.534 e. The van der Waals surface area contributed by atoms with Gasteiger partial charge in [0.1, 0.15) is 22.6 Å². The summed E-state index contributed by atoms with van der Waals surface area (Å²) in [6.45, 7) is -0.0748. The number of aromatic carboxylic acids is 1. The van der Waals surface area contributed by atoms with E-state index in [1.54, 1.807) is 0 Å². The number of urea groups is 1. The molecular weight excluding hydrogens is 568 g/mol. The molecule has 0 radical (unpaired) electrons. The van der Waals surface area contributed by atoms with Crippen LogP contribution in [0.2, 0.25) is 5.02 Å². The molecule has 0 aromatic heterocycles. The summed E-state index contributed by atoms with van der Waals surface area (Å²) in [5, 5.41) is 33.6. The Morgan fingerprint density at radius 1 is 1.20 bits per heavy atom. The molecule has 0 spiro atoms. The SMILES string of the molecule is NCCN1CCN(C(=O)NC(C(=O)NC2Cc3cccc(C(=O)O)c3OB2O)c2ccc(O)c(Cl)c2F)C(=O)C1=O. The number of carbonyl (C=O) groups excluding carboxylic acids is 4. The summed E-state index contributed by atoms with van der Waals surface area (Å²) in [6.07, 6.45) is -0.0983. The zero-order valence-electron chi connectivity index (χ0n) is 21.2. The number of carboxylic acid groups (broad SMARTS) is 1. The van der Waals surface area contributed by atoms with Crippen LogP contribution in [0.1, 0.15) is 27.5 Å². The van der Waals surface area contributed by atoms with Crippen LogP contribution in [0.4, 0.5) is 9.18 Å². The van der Waals surface area contributed by atoms with E-state index < -0.39 is 71.0 Å². The van der Waals surface area contributed by atoms with E-state index in [1.165, 1.54) is 18.2 Å². The smallest absolute Gasteiger partial charge is 0.534 e. The van der Waals surface area contributed by atoms with Gasteiger partial charge in [-0.1, -0.05) is 23.7 Å². The number of carbonyl (C=O) groups is 5. The highest BCUT2D eigenvalue weighted by molar-refractivity contribution is 6.47. The number of phenols is 1. The number of hydrogen-bond donors (Lipinski definition) is 6. The predicted molar refractivity (Wildman–Crippen MR) is 139 cm³/mol. The Labute approximate surface area is 236 Å². The summed E-state index contributed by atoms with van der Waals surface area (Å²) in [4.78, 5) is 64.7. The lowest BCUT2D eigenvalue weighted by molar-refractivity contribution is -0.153. The van der Waals surface area contributed by atoms with Gasteiger partial charge in [-0.05, 0) is 30.2 Å². The molecule has 1 fully saturated rings. The van der Waals surface area contributed by atoms with Gasteiger partial charge in [0.05, 0.1) is 11.5 Å². The summed E-state index contributed by atoms with van der Waals surface area (Å²) in [7, 11) is -1.73. The average molecular weight is 592 g/mol. The number of nitrogens with two attached hydrogens (primary N) is 1. The second-order valence-corrected chi connectivity index (χ2v) is 9.53. The Morgan fingerprint density at radius 3 is 2.61 bits per heavy atom. The van der Waals surface area contributed by atoms with E-state index in [2.05, 4.69) is 10.6 Å². The molecule has 2 aliphatic rings. The molecule has 4 rings (SSSR count). The van der Waals surface area contributed by atoms with E-state index >= 15 is 4.39 Å². The summed E-state index contributed by atoms with van der Waals surface area (Å²) in [5.41, 5.74) is 5.08. The number of halogens is 2.